The van der Waals surface area contributed by atoms with Crippen LogP contribution < -0.4 is 0 Å². The molecule has 38 heavy (non-hydrogen) atoms. The van der Waals surface area contributed by atoms with E-state index in [1.165, 1.54) is 0 Å². The number of rotatable bonds is 3. The second-order valence-electron chi connectivity index (χ2n) is 8.15. The highest BCUT2D eigenvalue weighted by Crippen LogP contribution is 2.63. The van der Waals surface area contributed by atoms with Crippen LogP contribution >= 0.6 is 0 Å². The fourth-order valence-electron chi connectivity index (χ4n) is 4.17. The number of aliphatic hydroxyl groups is 3. The van der Waals surface area contributed by atoms with E-state index in [4.69, 9.17) is 0 Å². The first-order valence-corrected chi connectivity index (χ1v) is 9.02. The summed E-state index contributed by atoms with van der Waals surface area (Å²) in [4.78, 5) is 0. The maximum atomic E-state index is 14.8. The summed E-state index contributed by atoms with van der Waals surface area (Å²) >= 11 is 0. The van der Waals surface area contributed by atoms with E-state index in [0.29, 0.717) is 0 Å². The van der Waals surface area contributed by atoms with Gasteiger partial charge in [0.1, 0.15) is 12.3 Å². The highest BCUT2D eigenvalue weighted by Gasteiger charge is 2.86. The normalized spacial score (nSPS) is 28.0. The van der Waals surface area contributed by atoms with Crippen LogP contribution in [-0.4, -0.2) is 81.5 Å². The van der Waals surface area contributed by atoms with Gasteiger partial charge in [0.05, 0.1) is 5.92 Å². The summed E-state index contributed by atoms with van der Waals surface area (Å²) < 4.78 is 267. The Hall–Kier alpha value is -1.52. The van der Waals surface area contributed by atoms with Gasteiger partial charge in [-0.2, -0.15) is 79.0 Å². The Morgan fingerprint density at radius 2 is 0.553 bits per heavy atom. The van der Waals surface area contributed by atoms with Crippen molar-refractivity contribution < 1.29 is 103 Å². The van der Waals surface area contributed by atoms with Gasteiger partial charge in [-0.1, -0.05) is 0 Å². The maximum absolute atomic E-state index is 14.8. The molecular weight excluding hydrogens is 608 g/mol. The van der Waals surface area contributed by atoms with E-state index in [2.05, 4.69) is 0 Å². The molecule has 1 rings (SSSR count). The van der Waals surface area contributed by atoms with Gasteiger partial charge in [-0.15, -0.1) is 0 Å². The molecule has 3 N–H and O–H groups in total. The molecule has 0 aromatic carbocycles. The van der Waals surface area contributed by atoms with Crippen molar-refractivity contribution in [2.45, 2.75) is 72.6 Å². The topological polar surface area (TPSA) is 60.7 Å². The summed E-state index contributed by atoms with van der Waals surface area (Å²) in [6, 6.07) is 0. The minimum atomic E-state index is -7.64. The lowest BCUT2D eigenvalue weighted by Gasteiger charge is -2.54. The molecule has 0 aliphatic heterocycles. The highest BCUT2D eigenvalue weighted by molar-refractivity contribution is 5.18. The van der Waals surface area contributed by atoms with Gasteiger partial charge in [0, 0.05) is 11.8 Å². The Morgan fingerprint density at radius 3 is 0.711 bits per heavy atom. The summed E-state index contributed by atoms with van der Waals surface area (Å²) in [5.41, 5.74) is -21.3. The van der Waals surface area contributed by atoms with Crippen LogP contribution in [0.2, 0.25) is 0 Å². The molecule has 0 radical (unpaired) electrons. The third-order valence-electron chi connectivity index (χ3n) is 6.11. The zero-order valence-electron chi connectivity index (χ0n) is 17.0. The Morgan fingerprint density at radius 1 is 0.368 bits per heavy atom. The molecule has 4 atom stereocenters. The smallest absolute Gasteiger partial charge is 0.373 e. The van der Waals surface area contributed by atoms with Gasteiger partial charge in [0.25, 0.3) is 16.8 Å². The maximum Gasteiger partial charge on any atom is 0.426 e. The van der Waals surface area contributed by atoms with Crippen molar-refractivity contribution >= 4 is 0 Å². The Kier molecular flexibility index (Phi) is 8.17. The van der Waals surface area contributed by atoms with Crippen molar-refractivity contribution in [3.63, 3.8) is 0 Å². The van der Waals surface area contributed by atoms with E-state index in [1.807, 2.05) is 0 Å². The molecule has 0 aromatic rings. The molecule has 23 heteroatoms. The van der Waals surface area contributed by atoms with Gasteiger partial charge in [0.2, 0.25) is 0 Å². The molecule has 1 aliphatic rings. The largest absolute Gasteiger partial charge is 0.426 e. The first-order valence-electron chi connectivity index (χ1n) is 9.02. The molecule has 0 heterocycles. The van der Waals surface area contributed by atoms with Crippen LogP contribution in [0, 0.1) is 17.8 Å². The van der Waals surface area contributed by atoms with Crippen LogP contribution in [0.3, 0.4) is 0 Å². The van der Waals surface area contributed by atoms with Crippen molar-refractivity contribution in [1.29, 1.82) is 0 Å². The third-order valence-corrected chi connectivity index (χ3v) is 6.11. The van der Waals surface area contributed by atoms with Crippen molar-refractivity contribution in [1.82, 2.24) is 0 Å². The van der Waals surface area contributed by atoms with Crippen LogP contribution in [0.15, 0.2) is 0 Å². The molecule has 0 aromatic heterocycles. The van der Waals surface area contributed by atoms with Gasteiger partial charge >= 0.3 is 37.1 Å². The van der Waals surface area contributed by atoms with Gasteiger partial charge in [-0.3, -0.25) is 0 Å². The van der Waals surface area contributed by atoms with Crippen LogP contribution in [0.25, 0.3) is 0 Å². The van der Waals surface area contributed by atoms with E-state index < -0.39 is 90.4 Å². The number of hydrogen-bond donors (Lipinski definition) is 3. The molecule has 3 nitrogen and oxygen atoms in total. The Bertz CT molecular complexity index is 753. The lowest BCUT2D eigenvalue weighted by atomic mass is 9.57. The minimum Gasteiger partial charge on any atom is -0.373 e. The standard InChI is InChI=1S/C15H10F20O3/c16-5-2(7(36,10(18,19)20)11(21,22)23)1-3(8(37,12(24,25)26)13(27,28)29)6(17)4(5)9(38,14(30,31)32)15(33,34)35/h2-6,36-38H,1H2. The molecule has 0 spiro atoms. The van der Waals surface area contributed by atoms with Gasteiger partial charge in [-0.25, -0.2) is 8.78 Å². The van der Waals surface area contributed by atoms with Crippen molar-refractivity contribution in [2.75, 3.05) is 0 Å². The summed E-state index contributed by atoms with van der Waals surface area (Å²) in [5, 5.41) is 27.7. The Labute approximate surface area is 195 Å². The predicted octanol–water partition coefficient (Wildman–Crippen LogP) is 5.48. The molecule has 1 fully saturated rings. The average Bonchev–Trinajstić information content (AvgIpc) is 2.61. The molecule has 0 saturated heterocycles. The third kappa shape index (κ3) is 4.72. The van der Waals surface area contributed by atoms with Gasteiger partial charge in [-0.05, 0) is 6.42 Å². The fourth-order valence-corrected chi connectivity index (χ4v) is 4.17. The highest BCUT2D eigenvalue weighted by atomic mass is 19.4. The average molecular weight is 618 g/mol. The molecular formula is C15H10F20O3. The first-order chi connectivity index (χ1) is 16.2. The molecule has 4 unspecified atom stereocenters. The monoisotopic (exact) mass is 618 g/mol. The van der Waals surface area contributed by atoms with Crippen LogP contribution in [0.5, 0.6) is 0 Å². The SMILES string of the molecule is OC(C1CC(C(O)(C(F)(F)F)C(F)(F)F)C(F)C(C(O)(C(F)(F)F)C(F)(F)F)C1F)(C(F)(F)F)C(F)(F)F. The molecule has 0 amide bonds. The van der Waals surface area contributed by atoms with E-state index >= 15 is 0 Å². The van der Waals surface area contributed by atoms with E-state index in [9.17, 15) is 103 Å². The fraction of sp³-hybridized carbons (Fsp3) is 1.00. The second-order valence-corrected chi connectivity index (χ2v) is 8.15. The van der Waals surface area contributed by atoms with Crippen molar-refractivity contribution in [3.8, 4) is 0 Å². The van der Waals surface area contributed by atoms with Crippen LogP contribution in [-0.2, 0) is 0 Å². The number of alkyl halides is 20. The van der Waals surface area contributed by atoms with E-state index in [0.717, 1.165) is 0 Å². The van der Waals surface area contributed by atoms with Crippen LogP contribution in [0.4, 0.5) is 87.8 Å². The van der Waals surface area contributed by atoms with Gasteiger partial charge in [0.15, 0.2) is 0 Å². The van der Waals surface area contributed by atoms with Gasteiger partial charge < -0.3 is 15.3 Å². The first kappa shape index (κ1) is 34.5. The quantitative estimate of drug-likeness (QED) is 0.368. The van der Waals surface area contributed by atoms with Crippen molar-refractivity contribution in [3.05, 3.63) is 0 Å². The molecule has 0 bridgehead atoms. The molecule has 1 aliphatic carbocycles. The zero-order chi connectivity index (χ0) is 31.1. The number of halogens is 20. The van der Waals surface area contributed by atoms with Crippen molar-refractivity contribution in [2.24, 2.45) is 17.8 Å². The lowest BCUT2D eigenvalue weighted by molar-refractivity contribution is -0.434. The summed E-state index contributed by atoms with van der Waals surface area (Å²) in [6.07, 6.45) is -59.9. The summed E-state index contributed by atoms with van der Waals surface area (Å²) in [6.45, 7) is 0. The Balaban J connectivity index is 4.32. The molecule has 228 valence electrons. The van der Waals surface area contributed by atoms with E-state index in [-0.39, 0.29) is 0 Å². The summed E-state index contributed by atoms with van der Waals surface area (Å²) in [5.74, 6) is -16.2. The predicted molar refractivity (Wildman–Crippen MR) is 76.1 cm³/mol. The number of hydrogen-bond acceptors (Lipinski definition) is 3. The van der Waals surface area contributed by atoms with E-state index in [1.54, 1.807) is 0 Å². The van der Waals surface area contributed by atoms with Crippen LogP contribution in [0.1, 0.15) is 6.42 Å². The lowest BCUT2D eigenvalue weighted by Crippen LogP contribution is -2.76. The zero-order valence-corrected chi connectivity index (χ0v) is 17.0. The summed E-state index contributed by atoms with van der Waals surface area (Å²) in [7, 11) is 0. The minimum absolute atomic E-state index is 3.64. The second kappa shape index (κ2) is 8.99. The molecule has 1 saturated carbocycles.